The zero-order chi connectivity index (χ0) is 26.0. The van der Waals surface area contributed by atoms with Gasteiger partial charge in [0.15, 0.2) is 17.6 Å². The molecule has 0 saturated carbocycles. The summed E-state index contributed by atoms with van der Waals surface area (Å²) >= 11 is 0. The number of aryl methyl sites for hydroxylation is 2. The van der Waals surface area contributed by atoms with Crippen molar-refractivity contribution in [1.82, 2.24) is 13.7 Å². The van der Waals surface area contributed by atoms with E-state index in [1.807, 2.05) is 60.0 Å². The molecule has 0 amide bonds. The summed E-state index contributed by atoms with van der Waals surface area (Å²) in [4.78, 5) is 26.9. The topological polar surface area (TPSA) is 87.6 Å². The summed E-state index contributed by atoms with van der Waals surface area (Å²) in [6.45, 7) is 1.99. The third-order valence-electron chi connectivity index (χ3n) is 7.14. The molecule has 8 heteroatoms. The summed E-state index contributed by atoms with van der Waals surface area (Å²) in [7, 11) is 4.62. The van der Waals surface area contributed by atoms with Gasteiger partial charge in [-0.1, -0.05) is 48.5 Å². The number of aromatic nitrogens is 3. The number of methoxy groups -OCH3 is 1. The number of hydrogen-bond acceptors (Lipinski definition) is 5. The Hall–Kier alpha value is -4.72. The Morgan fingerprint density at radius 2 is 1.65 bits per heavy atom. The van der Waals surface area contributed by atoms with Crippen molar-refractivity contribution in [2.45, 2.75) is 13.0 Å². The number of aromatic hydroxyl groups is 1. The molecular weight excluding hydrogens is 470 g/mol. The second-order valence-electron chi connectivity index (χ2n) is 9.18. The molecule has 2 aromatic heterocycles. The average Bonchev–Trinajstić information content (AvgIpc) is 3.27. The Morgan fingerprint density at radius 3 is 2.41 bits per heavy atom. The van der Waals surface area contributed by atoms with Gasteiger partial charge in [-0.05, 0) is 30.7 Å². The average molecular weight is 496 g/mol. The quantitative estimate of drug-likeness (QED) is 0.405. The minimum absolute atomic E-state index is 0.0680. The molecule has 6 rings (SSSR count). The fourth-order valence-corrected chi connectivity index (χ4v) is 5.33. The molecule has 1 N–H and O–H groups in total. The zero-order valence-electron chi connectivity index (χ0n) is 20.9. The Balaban J connectivity index is 1.88. The molecule has 1 aliphatic heterocycles. The maximum Gasteiger partial charge on any atom is 0.331 e. The van der Waals surface area contributed by atoms with Crippen LogP contribution in [0, 0.1) is 6.92 Å². The summed E-state index contributed by atoms with van der Waals surface area (Å²) in [5, 5.41) is 11.5. The molecule has 5 aromatic rings. The predicted molar refractivity (Wildman–Crippen MR) is 141 cm³/mol. The Kier molecular flexibility index (Phi) is 5.01. The second-order valence-corrected chi connectivity index (χ2v) is 9.18. The minimum Gasteiger partial charge on any atom is -0.504 e. The van der Waals surface area contributed by atoms with Crippen molar-refractivity contribution in [3.05, 3.63) is 104 Å². The largest absolute Gasteiger partial charge is 0.504 e. The standard InChI is InChI=1S/C29H25N3O5/c1-16-10-5-6-11-17(16)23-22-24(30(2)29(35)31(3)28(22)34)25-27(18-12-9-15-21(36-4)26(18)33)37-20-14-8-7-13-19(20)32(23)25/h5-15,27,33H,1-4H3/t27-/m0/s1. The van der Waals surface area contributed by atoms with Crippen LogP contribution in [-0.2, 0) is 14.1 Å². The van der Waals surface area contributed by atoms with Crippen LogP contribution in [0.15, 0.2) is 76.3 Å². The van der Waals surface area contributed by atoms with Crippen molar-refractivity contribution in [3.63, 3.8) is 0 Å². The van der Waals surface area contributed by atoms with Gasteiger partial charge in [0.1, 0.15) is 5.75 Å². The first-order chi connectivity index (χ1) is 17.8. The lowest BCUT2D eigenvalue weighted by Gasteiger charge is -2.30. The van der Waals surface area contributed by atoms with Crippen molar-refractivity contribution in [3.8, 4) is 34.2 Å². The van der Waals surface area contributed by atoms with E-state index in [2.05, 4.69) is 0 Å². The highest BCUT2D eigenvalue weighted by Crippen LogP contribution is 2.49. The lowest BCUT2D eigenvalue weighted by atomic mass is 10.0. The Labute approximate surface area is 212 Å². The molecule has 0 unspecified atom stereocenters. The van der Waals surface area contributed by atoms with Gasteiger partial charge in [0, 0.05) is 25.2 Å². The van der Waals surface area contributed by atoms with E-state index in [9.17, 15) is 14.7 Å². The molecular formula is C29H25N3O5. The van der Waals surface area contributed by atoms with Gasteiger partial charge < -0.3 is 19.1 Å². The van der Waals surface area contributed by atoms with Gasteiger partial charge in [0.25, 0.3) is 5.56 Å². The molecule has 0 radical (unpaired) electrons. The highest BCUT2D eigenvalue weighted by Gasteiger charge is 2.37. The van der Waals surface area contributed by atoms with Crippen LogP contribution in [0.5, 0.6) is 17.2 Å². The van der Waals surface area contributed by atoms with E-state index in [-0.39, 0.29) is 5.75 Å². The summed E-state index contributed by atoms with van der Waals surface area (Å²) in [5.41, 5.74) is 3.88. The van der Waals surface area contributed by atoms with Gasteiger partial charge >= 0.3 is 5.69 Å². The van der Waals surface area contributed by atoms with Crippen molar-refractivity contribution in [2.24, 2.45) is 14.1 Å². The maximum absolute atomic E-state index is 13.8. The van der Waals surface area contributed by atoms with Gasteiger partial charge in [-0.25, -0.2) is 4.79 Å². The van der Waals surface area contributed by atoms with Gasteiger partial charge in [-0.15, -0.1) is 0 Å². The number of nitrogens with zero attached hydrogens (tertiary/aromatic N) is 3. The highest BCUT2D eigenvalue weighted by molar-refractivity contribution is 5.99. The Morgan fingerprint density at radius 1 is 0.919 bits per heavy atom. The van der Waals surface area contributed by atoms with Crippen LogP contribution in [0.1, 0.15) is 22.9 Å². The van der Waals surface area contributed by atoms with Crippen LogP contribution in [-0.4, -0.2) is 25.9 Å². The molecule has 37 heavy (non-hydrogen) atoms. The first kappa shape index (κ1) is 22.7. The maximum atomic E-state index is 13.8. The number of para-hydroxylation sites is 3. The fraction of sp³-hybridized carbons (Fsp3) is 0.172. The molecule has 3 heterocycles. The van der Waals surface area contributed by atoms with E-state index in [1.54, 1.807) is 25.2 Å². The lowest BCUT2D eigenvalue weighted by molar-refractivity contribution is 0.223. The molecule has 186 valence electrons. The van der Waals surface area contributed by atoms with Crippen molar-refractivity contribution in [1.29, 1.82) is 0 Å². The first-order valence-corrected chi connectivity index (χ1v) is 11.9. The summed E-state index contributed by atoms with van der Waals surface area (Å²) < 4.78 is 16.5. The van der Waals surface area contributed by atoms with Gasteiger partial charge in [0.2, 0.25) is 0 Å². The number of phenolic OH excluding ortho intramolecular Hbond substituents is 1. The second kappa shape index (κ2) is 8.16. The normalized spacial score (nSPS) is 14.2. The zero-order valence-corrected chi connectivity index (χ0v) is 20.9. The van der Waals surface area contributed by atoms with Crippen molar-refractivity contribution in [2.75, 3.05) is 7.11 Å². The first-order valence-electron chi connectivity index (χ1n) is 11.9. The lowest BCUT2D eigenvalue weighted by Crippen LogP contribution is -2.37. The van der Waals surface area contributed by atoms with E-state index in [0.717, 1.165) is 21.4 Å². The van der Waals surface area contributed by atoms with Crippen LogP contribution in [0.2, 0.25) is 0 Å². The number of ether oxygens (including phenoxy) is 2. The molecule has 1 atom stereocenters. The number of hydrogen-bond donors (Lipinski definition) is 1. The smallest absolute Gasteiger partial charge is 0.331 e. The van der Waals surface area contributed by atoms with E-state index in [0.29, 0.717) is 39.4 Å². The molecule has 8 nitrogen and oxygen atoms in total. The molecule has 0 saturated heterocycles. The highest BCUT2D eigenvalue weighted by atomic mass is 16.5. The monoisotopic (exact) mass is 495 g/mol. The van der Waals surface area contributed by atoms with Crippen LogP contribution < -0.4 is 20.7 Å². The minimum atomic E-state index is -0.831. The number of phenols is 1. The van der Waals surface area contributed by atoms with Crippen LogP contribution >= 0.6 is 0 Å². The third-order valence-corrected chi connectivity index (χ3v) is 7.14. The summed E-state index contributed by atoms with van der Waals surface area (Å²) in [5.74, 6) is 0.812. The van der Waals surface area contributed by atoms with Gasteiger partial charge in [-0.2, -0.15) is 0 Å². The Bertz CT molecular complexity index is 1840. The number of benzene rings is 3. The van der Waals surface area contributed by atoms with E-state index in [1.165, 1.54) is 18.7 Å². The summed E-state index contributed by atoms with van der Waals surface area (Å²) in [6.07, 6.45) is -0.831. The van der Waals surface area contributed by atoms with E-state index >= 15 is 0 Å². The van der Waals surface area contributed by atoms with Crippen LogP contribution in [0.25, 0.3) is 27.8 Å². The number of fused-ring (bicyclic) bond motifs is 5. The molecule has 0 aliphatic carbocycles. The van der Waals surface area contributed by atoms with Crippen molar-refractivity contribution < 1.29 is 14.6 Å². The van der Waals surface area contributed by atoms with E-state index in [4.69, 9.17) is 9.47 Å². The predicted octanol–water partition coefficient (Wildman–Crippen LogP) is 4.20. The van der Waals surface area contributed by atoms with Gasteiger partial charge in [0.05, 0.1) is 35.1 Å². The molecule has 0 bridgehead atoms. The summed E-state index contributed by atoms with van der Waals surface area (Å²) in [6, 6.07) is 20.6. The molecule has 0 fully saturated rings. The molecule has 1 aliphatic rings. The SMILES string of the molecule is COc1cccc([C@@H]2Oc3ccccc3-n3c(-c4ccccc4C)c4c(=O)n(C)c(=O)n(C)c4c32)c1O. The molecule has 0 spiro atoms. The van der Waals surface area contributed by atoms with Crippen LogP contribution in [0.3, 0.4) is 0 Å². The van der Waals surface area contributed by atoms with Crippen molar-refractivity contribution >= 4 is 10.9 Å². The molecule has 3 aromatic carbocycles. The third kappa shape index (κ3) is 3.08. The fourth-order valence-electron chi connectivity index (χ4n) is 5.33. The number of rotatable bonds is 3. The van der Waals surface area contributed by atoms with Gasteiger partial charge in [-0.3, -0.25) is 13.9 Å². The van der Waals surface area contributed by atoms with Crippen LogP contribution in [0.4, 0.5) is 0 Å². The van der Waals surface area contributed by atoms with E-state index < -0.39 is 17.4 Å².